The highest BCUT2D eigenvalue weighted by molar-refractivity contribution is 5.30. The van der Waals surface area contributed by atoms with Gasteiger partial charge < -0.3 is 0 Å². The molecule has 1 aliphatic carbocycles. The average Bonchev–Trinajstić information content (AvgIpc) is 2.36. The summed E-state index contributed by atoms with van der Waals surface area (Å²) in [5.41, 5.74) is 4.49. The van der Waals surface area contributed by atoms with Gasteiger partial charge in [-0.05, 0) is 34.1 Å². The molecule has 0 amide bonds. The second kappa shape index (κ2) is 10.7. The quantitative estimate of drug-likeness (QED) is 0.483. The molecule has 1 rings (SSSR count). The van der Waals surface area contributed by atoms with Crippen LogP contribution in [0.3, 0.4) is 0 Å². The first-order valence-electron chi connectivity index (χ1n) is 6.62. The molecule has 0 heterocycles. The van der Waals surface area contributed by atoms with Gasteiger partial charge in [0.25, 0.3) is 0 Å². The molecular weight excluding hydrogens is 192 g/mol. The van der Waals surface area contributed by atoms with E-state index in [2.05, 4.69) is 45.9 Å². The summed E-state index contributed by atoms with van der Waals surface area (Å²) < 4.78 is 0. The van der Waals surface area contributed by atoms with Gasteiger partial charge in [0.2, 0.25) is 0 Å². The zero-order chi connectivity index (χ0) is 13.1. The Hall–Kier alpha value is -0.780. The first kappa shape index (κ1) is 17.6. The van der Waals surface area contributed by atoms with Gasteiger partial charge in [-0.2, -0.15) is 0 Å². The van der Waals surface area contributed by atoms with Crippen LogP contribution < -0.4 is 0 Å². The van der Waals surface area contributed by atoms with Crippen LogP contribution in [-0.4, -0.2) is 0 Å². The predicted molar refractivity (Wildman–Crippen MR) is 77.7 cm³/mol. The SMILES string of the molecule is C/C=C(/C)C1CC(C)=CC=C1C.CC.CC. The first-order valence-corrected chi connectivity index (χ1v) is 6.62. The third-order valence-electron chi connectivity index (χ3n) is 2.71. The monoisotopic (exact) mass is 222 g/mol. The third-order valence-corrected chi connectivity index (χ3v) is 2.71. The maximum absolute atomic E-state index is 2.25. The summed E-state index contributed by atoms with van der Waals surface area (Å²) in [5, 5.41) is 0. The summed E-state index contributed by atoms with van der Waals surface area (Å²) in [6.45, 7) is 16.8. The van der Waals surface area contributed by atoms with Crippen LogP contribution in [-0.2, 0) is 0 Å². The van der Waals surface area contributed by atoms with Gasteiger partial charge in [0.1, 0.15) is 0 Å². The van der Waals surface area contributed by atoms with Crippen LogP contribution in [0, 0.1) is 5.92 Å². The van der Waals surface area contributed by atoms with Gasteiger partial charge in [-0.1, -0.05) is 62.6 Å². The summed E-state index contributed by atoms with van der Waals surface area (Å²) in [7, 11) is 0. The zero-order valence-electron chi connectivity index (χ0n) is 12.5. The summed E-state index contributed by atoms with van der Waals surface area (Å²) in [4.78, 5) is 0. The van der Waals surface area contributed by atoms with Crippen molar-refractivity contribution in [3.8, 4) is 0 Å². The molecule has 0 aliphatic heterocycles. The van der Waals surface area contributed by atoms with Gasteiger partial charge in [-0.15, -0.1) is 0 Å². The van der Waals surface area contributed by atoms with E-state index >= 15 is 0 Å². The molecule has 1 unspecified atom stereocenters. The minimum atomic E-state index is 0.667. The number of hydrogen-bond acceptors (Lipinski definition) is 0. The largest absolute Gasteiger partial charge is 0.0881 e. The van der Waals surface area contributed by atoms with Crippen LogP contribution >= 0.6 is 0 Å². The van der Waals surface area contributed by atoms with E-state index in [1.54, 1.807) is 0 Å². The van der Waals surface area contributed by atoms with Gasteiger partial charge >= 0.3 is 0 Å². The summed E-state index contributed by atoms with van der Waals surface area (Å²) in [5.74, 6) is 0.667. The molecule has 0 saturated carbocycles. The van der Waals surface area contributed by atoms with Gasteiger partial charge in [0.15, 0.2) is 0 Å². The minimum absolute atomic E-state index is 0.667. The molecule has 0 N–H and O–H groups in total. The van der Waals surface area contributed by atoms with Gasteiger partial charge in [0, 0.05) is 5.92 Å². The highest BCUT2D eigenvalue weighted by Gasteiger charge is 2.15. The van der Waals surface area contributed by atoms with Gasteiger partial charge in [0.05, 0.1) is 0 Å². The molecule has 0 fully saturated rings. The van der Waals surface area contributed by atoms with Crippen LogP contribution in [0.25, 0.3) is 0 Å². The number of rotatable bonds is 1. The fourth-order valence-corrected chi connectivity index (χ4v) is 1.66. The Labute approximate surface area is 103 Å². The Morgan fingerprint density at radius 3 is 2.06 bits per heavy atom. The van der Waals surface area contributed by atoms with Crippen molar-refractivity contribution in [2.75, 3.05) is 0 Å². The lowest BCUT2D eigenvalue weighted by Gasteiger charge is -2.22. The zero-order valence-corrected chi connectivity index (χ0v) is 12.5. The van der Waals surface area contributed by atoms with Gasteiger partial charge in [-0.25, -0.2) is 0 Å². The fourth-order valence-electron chi connectivity index (χ4n) is 1.66. The smallest absolute Gasteiger partial charge is 0.00416 e. The lowest BCUT2D eigenvalue weighted by molar-refractivity contribution is 0.689. The first-order chi connectivity index (χ1) is 7.65. The highest BCUT2D eigenvalue weighted by Crippen LogP contribution is 2.30. The Kier molecular flexibility index (Phi) is 11.8. The molecule has 0 aromatic rings. The van der Waals surface area contributed by atoms with E-state index in [1.165, 1.54) is 23.1 Å². The van der Waals surface area contributed by atoms with Crippen LogP contribution in [0.2, 0.25) is 0 Å². The topological polar surface area (TPSA) is 0 Å². The van der Waals surface area contributed by atoms with E-state index in [0.29, 0.717) is 5.92 Å². The molecule has 0 aromatic heterocycles. The predicted octanol–water partition coefficient (Wildman–Crippen LogP) is 5.92. The molecule has 0 heteroatoms. The standard InChI is InChI=1S/C12H18.2C2H6/c1-5-10(3)12-8-9(2)6-7-11(12)4;2*1-2/h5-7,12H,8H2,1-4H3;2*1-2H3/b10-5-;;. The van der Waals surface area contributed by atoms with Crippen molar-refractivity contribution in [2.45, 2.75) is 61.8 Å². The average molecular weight is 222 g/mol. The molecule has 1 aliphatic rings. The molecule has 0 aromatic carbocycles. The molecule has 0 nitrogen and oxygen atoms in total. The van der Waals surface area contributed by atoms with Crippen LogP contribution in [0.5, 0.6) is 0 Å². The summed E-state index contributed by atoms with van der Waals surface area (Å²) in [6, 6.07) is 0. The number of hydrogen-bond donors (Lipinski definition) is 0. The van der Waals surface area contributed by atoms with Crippen molar-refractivity contribution in [1.29, 1.82) is 0 Å². The van der Waals surface area contributed by atoms with Crippen molar-refractivity contribution in [2.24, 2.45) is 5.92 Å². The molecule has 0 spiro atoms. The Balaban J connectivity index is 0. The summed E-state index contributed by atoms with van der Waals surface area (Å²) in [6.07, 6.45) is 7.91. The van der Waals surface area contributed by atoms with Crippen LogP contribution in [0.1, 0.15) is 61.8 Å². The lowest BCUT2D eigenvalue weighted by Crippen LogP contribution is -2.07. The summed E-state index contributed by atoms with van der Waals surface area (Å²) >= 11 is 0. The Bertz CT molecular complexity index is 251. The van der Waals surface area contributed by atoms with E-state index in [1.807, 2.05) is 27.7 Å². The van der Waals surface area contributed by atoms with E-state index in [9.17, 15) is 0 Å². The molecule has 94 valence electrons. The second-order valence-corrected chi connectivity index (χ2v) is 3.71. The molecule has 0 bridgehead atoms. The molecule has 0 saturated heterocycles. The Morgan fingerprint density at radius 2 is 1.62 bits per heavy atom. The minimum Gasteiger partial charge on any atom is -0.0881 e. The van der Waals surface area contributed by atoms with E-state index in [4.69, 9.17) is 0 Å². The molecule has 16 heavy (non-hydrogen) atoms. The maximum Gasteiger partial charge on any atom is 0.00416 e. The fraction of sp³-hybridized carbons (Fsp3) is 0.625. The number of allylic oxidation sites excluding steroid dienone is 6. The van der Waals surface area contributed by atoms with Crippen molar-refractivity contribution in [3.63, 3.8) is 0 Å². The van der Waals surface area contributed by atoms with Crippen LogP contribution in [0.15, 0.2) is 34.9 Å². The molecular formula is C16H30. The molecule has 1 atom stereocenters. The second-order valence-electron chi connectivity index (χ2n) is 3.71. The van der Waals surface area contributed by atoms with Crippen molar-refractivity contribution in [1.82, 2.24) is 0 Å². The third kappa shape index (κ3) is 5.95. The van der Waals surface area contributed by atoms with Crippen molar-refractivity contribution in [3.05, 3.63) is 34.9 Å². The van der Waals surface area contributed by atoms with Crippen molar-refractivity contribution < 1.29 is 0 Å². The normalized spacial score (nSPS) is 19.5. The van der Waals surface area contributed by atoms with Crippen molar-refractivity contribution >= 4 is 0 Å². The van der Waals surface area contributed by atoms with E-state index < -0.39 is 0 Å². The highest BCUT2D eigenvalue weighted by atomic mass is 14.2. The van der Waals surface area contributed by atoms with Gasteiger partial charge in [-0.3, -0.25) is 0 Å². The lowest BCUT2D eigenvalue weighted by atomic mass is 9.83. The maximum atomic E-state index is 2.25. The van der Waals surface area contributed by atoms with E-state index in [-0.39, 0.29) is 0 Å². The van der Waals surface area contributed by atoms with E-state index in [0.717, 1.165) is 0 Å². The Morgan fingerprint density at radius 1 is 1.12 bits per heavy atom. The van der Waals surface area contributed by atoms with Crippen LogP contribution in [0.4, 0.5) is 0 Å². The molecule has 0 radical (unpaired) electrons.